The summed E-state index contributed by atoms with van der Waals surface area (Å²) in [4.78, 5) is 12.3. The van der Waals surface area contributed by atoms with E-state index >= 15 is 0 Å². The van der Waals surface area contributed by atoms with E-state index in [1.54, 1.807) is 11.3 Å². The van der Waals surface area contributed by atoms with Crippen LogP contribution in [0.5, 0.6) is 0 Å². The monoisotopic (exact) mass is 293 g/mol. The highest BCUT2D eigenvalue weighted by atomic mass is 32.1. The van der Waals surface area contributed by atoms with Crippen LogP contribution in [0.2, 0.25) is 0 Å². The quantitative estimate of drug-likeness (QED) is 0.584. The molecule has 20 heavy (non-hydrogen) atoms. The van der Waals surface area contributed by atoms with Gasteiger partial charge in [0.15, 0.2) is 5.82 Å². The molecule has 0 amide bonds. The van der Waals surface area contributed by atoms with E-state index in [1.807, 2.05) is 18.4 Å². The Morgan fingerprint density at radius 3 is 2.90 bits per heavy atom. The van der Waals surface area contributed by atoms with E-state index in [0.29, 0.717) is 12.4 Å². The number of fused-ring (bicyclic) bond motifs is 1. The van der Waals surface area contributed by atoms with E-state index in [4.69, 9.17) is 5.84 Å². The van der Waals surface area contributed by atoms with Crippen molar-refractivity contribution in [3.8, 4) is 0 Å². The molecule has 1 aliphatic rings. The van der Waals surface area contributed by atoms with Gasteiger partial charge in [0.2, 0.25) is 0 Å². The second kappa shape index (κ2) is 5.25. The number of anilines is 1. The molecule has 1 saturated heterocycles. The van der Waals surface area contributed by atoms with Crippen molar-refractivity contribution in [2.75, 3.05) is 18.5 Å². The lowest BCUT2D eigenvalue weighted by atomic mass is 9.94. The molecule has 0 bridgehead atoms. The molecular weight excluding hydrogens is 274 g/mol. The number of aliphatic hydroxyl groups is 1. The number of hydrazine groups is 1. The number of thiophene rings is 1. The van der Waals surface area contributed by atoms with Gasteiger partial charge in [-0.15, -0.1) is 11.3 Å². The number of rotatable bonds is 3. The summed E-state index contributed by atoms with van der Waals surface area (Å²) in [6.45, 7) is 4.32. The van der Waals surface area contributed by atoms with Crippen LogP contribution in [-0.2, 0) is 6.54 Å². The van der Waals surface area contributed by atoms with Gasteiger partial charge < -0.3 is 10.5 Å². The van der Waals surface area contributed by atoms with Crippen molar-refractivity contribution in [2.45, 2.75) is 31.9 Å². The molecule has 0 atom stereocenters. The van der Waals surface area contributed by atoms with Crippen molar-refractivity contribution in [1.82, 2.24) is 14.9 Å². The van der Waals surface area contributed by atoms with Gasteiger partial charge in [-0.3, -0.25) is 4.90 Å². The summed E-state index contributed by atoms with van der Waals surface area (Å²) < 4.78 is 0. The van der Waals surface area contributed by atoms with Crippen LogP contribution >= 0.6 is 11.3 Å². The Labute approximate surface area is 121 Å². The van der Waals surface area contributed by atoms with Crippen LogP contribution in [0.3, 0.4) is 0 Å². The summed E-state index contributed by atoms with van der Waals surface area (Å²) in [5.41, 5.74) is 2.12. The third-order valence-corrected chi connectivity index (χ3v) is 4.61. The fraction of sp³-hybridized carbons (Fsp3) is 0.538. The maximum Gasteiger partial charge on any atom is 0.152 e. The van der Waals surface area contributed by atoms with Crippen molar-refractivity contribution < 1.29 is 5.11 Å². The second-order valence-corrected chi connectivity index (χ2v) is 6.44. The Hall–Kier alpha value is -1.28. The standard InChI is InChI=1S/C13H19N5OS/c1-13(19)3-5-18(6-4-13)8-10-15-11(17-14)9-2-7-20-12(9)16-10/h2,7,19H,3-6,8,14H2,1H3,(H,15,16,17). The first-order valence-corrected chi connectivity index (χ1v) is 7.61. The molecular formula is C13H19N5OS. The van der Waals surface area contributed by atoms with Gasteiger partial charge in [0.1, 0.15) is 10.7 Å². The molecule has 0 spiro atoms. The summed E-state index contributed by atoms with van der Waals surface area (Å²) in [6, 6.07) is 1.97. The van der Waals surface area contributed by atoms with Gasteiger partial charge in [-0.25, -0.2) is 15.8 Å². The largest absolute Gasteiger partial charge is 0.390 e. The van der Waals surface area contributed by atoms with Gasteiger partial charge in [0.05, 0.1) is 17.5 Å². The average Bonchev–Trinajstić information content (AvgIpc) is 2.88. The zero-order chi connectivity index (χ0) is 14.2. The van der Waals surface area contributed by atoms with Gasteiger partial charge in [0.25, 0.3) is 0 Å². The molecule has 2 aromatic heterocycles. The smallest absolute Gasteiger partial charge is 0.152 e. The maximum absolute atomic E-state index is 9.97. The number of nitrogen functional groups attached to an aromatic ring is 1. The minimum atomic E-state index is -0.529. The SMILES string of the molecule is CC1(O)CCN(Cc2nc(NN)c3ccsc3n2)CC1. The third kappa shape index (κ3) is 2.76. The highest BCUT2D eigenvalue weighted by Crippen LogP contribution is 2.26. The molecule has 6 nitrogen and oxygen atoms in total. The number of nitrogens with zero attached hydrogens (tertiary/aromatic N) is 3. The molecule has 0 unspecified atom stereocenters. The first-order valence-electron chi connectivity index (χ1n) is 6.73. The van der Waals surface area contributed by atoms with Gasteiger partial charge in [-0.05, 0) is 31.2 Å². The van der Waals surface area contributed by atoms with E-state index < -0.39 is 5.60 Å². The van der Waals surface area contributed by atoms with Crippen LogP contribution < -0.4 is 11.3 Å². The molecule has 1 fully saturated rings. The molecule has 3 rings (SSSR count). The summed E-state index contributed by atoms with van der Waals surface area (Å²) in [7, 11) is 0. The Kier molecular flexibility index (Phi) is 3.59. The number of nitrogens with two attached hydrogens (primary N) is 1. The van der Waals surface area contributed by atoms with Gasteiger partial charge >= 0.3 is 0 Å². The van der Waals surface area contributed by atoms with Crippen LogP contribution in [0.4, 0.5) is 5.82 Å². The highest BCUT2D eigenvalue weighted by molar-refractivity contribution is 7.16. The maximum atomic E-state index is 9.97. The third-order valence-electron chi connectivity index (χ3n) is 3.81. The molecule has 2 aromatic rings. The Bertz CT molecular complexity index is 602. The molecule has 4 N–H and O–H groups in total. The normalized spacial score (nSPS) is 19.4. The van der Waals surface area contributed by atoms with Crippen LogP contribution in [0.1, 0.15) is 25.6 Å². The van der Waals surface area contributed by atoms with Crippen molar-refractivity contribution in [2.24, 2.45) is 5.84 Å². The molecule has 7 heteroatoms. The lowest BCUT2D eigenvalue weighted by molar-refractivity contribution is -0.00784. The van der Waals surface area contributed by atoms with Gasteiger partial charge in [0, 0.05) is 13.1 Å². The molecule has 0 aliphatic carbocycles. The molecule has 0 aromatic carbocycles. The fourth-order valence-electron chi connectivity index (χ4n) is 2.47. The number of nitrogens with one attached hydrogen (secondary N) is 1. The average molecular weight is 293 g/mol. The van der Waals surface area contributed by atoms with E-state index in [0.717, 1.165) is 42.0 Å². The Morgan fingerprint density at radius 2 is 2.20 bits per heavy atom. The first-order chi connectivity index (χ1) is 9.57. The number of hydrogen-bond acceptors (Lipinski definition) is 7. The fourth-order valence-corrected chi connectivity index (χ4v) is 3.26. The number of hydrogen-bond donors (Lipinski definition) is 3. The zero-order valence-corrected chi connectivity index (χ0v) is 12.3. The van der Waals surface area contributed by atoms with Crippen molar-refractivity contribution in [3.63, 3.8) is 0 Å². The predicted octanol–water partition coefficient (Wildman–Crippen LogP) is 1.32. The summed E-state index contributed by atoms with van der Waals surface area (Å²) in [5, 5.41) is 12.9. The van der Waals surface area contributed by atoms with Gasteiger partial charge in [-0.1, -0.05) is 0 Å². The van der Waals surface area contributed by atoms with Crippen LogP contribution in [0.15, 0.2) is 11.4 Å². The molecule has 0 radical (unpaired) electrons. The number of aromatic nitrogens is 2. The Morgan fingerprint density at radius 1 is 1.45 bits per heavy atom. The van der Waals surface area contributed by atoms with Crippen LogP contribution in [-0.4, -0.2) is 38.7 Å². The summed E-state index contributed by atoms with van der Waals surface area (Å²) in [5.74, 6) is 6.98. The molecule has 108 valence electrons. The minimum absolute atomic E-state index is 0.529. The first kappa shape index (κ1) is 13.7. The minimum Gasteiger partial charge on any atom is -0.390 e. The van der Waals surface area contributed by atoms with Crippen molar-refractivity contribution in [3.05, 3.63) is 17.3 Å². The zero-order valence-electron chi connectivity index (χ0n) is 11.5. The number of likely N-dealkylation sites (tertiary alicyclic amines) is 1. The van der Waals surface area contributed by atoms with E-state index in [-0.39, 0.29) is 0 Å². The lowest BCUT2D eigenvalue weighted by Gasteiger charge is -2.35. The highest BCUT2D eigenvalue weighted by Gasteiger charge is 2.27. The van der Waals surface area contributed by atoms with Gasteiger partial charge in [-0.2, -0.15) is 0 Å². The molecule has 3 heterocycles. The van der Waals surface area contributed by atoms with Crippen molar-refractivity contribution in [1.29, 1.82) is 0 Å². The van der Waals surface area contributed by atoms with Crippen molar-refractivity contribution >= 4 is 27.4 Å². The lowest BCUT2D eigenvalue weighted by Crippen LogP contribution is -2.42. The van der Waals surface area contributed by atoms with Crippen LogP contribution in [0.25, 0.3) is 10.2 Å². The molecule has 1 aliphatic heterocycles. The summed E-state index contributed by atoms with van der Waals surface area (Å²) in [6.07, 6.45) is 1.58. The van der Waals surface area contributed by atoms with E-state index in [9.17, 15) is 5.11 Å². The van der Waals surface area contributed by atoms with E-state index in [2.05, 4.69) is 20.3 Å². The summed E-state index contributed by atoms with van der Waals surface area (Å²) >= 11 is 1.59. The Balaban J connectivity index is 1.77. The van der Waals surface area contributed by atoms with Crippen LogP contribution in [0, 0.1) is 0 Å². The second-order valence-electron chi connectivity index (χ2n) is 5.55. The molecule has 0 saturated carbocycles. The van der Waals surface area contributed by atoms with E-state index in [1.165, 1.54) is 0 Å². The number of piperidine rings is 1. The predicted molar refractivity (Wildman–Crippen MR) is 80.4 cm³/mol. The topological polar surface area (TPSA) is 87.3 Å².